The fourth-order valence-corrected chi connectivity index (χ4v) is 3.87. The number of aryl methyl sites for hydroxylation is 2. The fraction of sp³-hybridized carbons (Fsp3) is 0.227. The summed E-state index contributed by atoms with van der Waals surface area (Å²) in [6, 6.07) is 5.56. The van der Waals surface area contributed by atoms with Gasteiger partial charge >= 0.3 is 0 Å². The van der Waals surface area contributed by atoms with Crippen molar-refractivity contribution in [3.63, 3.8) is 0 Å². The molecule has 0 bridgehead atoms. The number of aromatic nitrogens is 4. The van der Waals surface area contributed by atoms with Crippen molar-refractivity contribution in [3.05, 3.63) is 64.2 Å². The van der Waals surface area contributed by atoms with Crippen molar-refractivity contribution in [3.8, 4) is 11.1 Å². The molecule has 0 atom stereocenters. The zero-order chi connectivity index (χ0) is 23.2. The number of halogens is 1. The summed E-state index contributed by atoms with van der Waals surface area (Å²) >= 11 is 0. The van der Waals surface area contributed by atoms with Crippen LogP contribution in [0.5, 0.6) is 0 Å². The third kappa shape index (κ3) is 3.49. The summed E-state index contributed by atoms with van der Waals surface area (Å²) in [6.07, 6.45) is 0.735. The maximum absolute atomic E-state index is 13.8. The molecule has 0 saturated heterocycles. The van der Waals surface area contributed by atoms with Crippen molar-refractivity contribution in [1.82, 2.24) is 19.9 Å². The van der Waals surface area contributed by atoms with E-state index in [0.717, 1.165) is 18.2 Å². The second-order valence-electron chi connectivity index (χ2n) is 7.44. The van der Waals surface area contributed by atoms with Gasteiger partial charge in [-0.2, -0.15) is 5.10 Å². The summed E-state index contributed by atoms with van der Waals surface area (Å²) < 4.78 is 20.8. The molecule has 0 aliphatic rings. The molecule has 10 heteroatoms. The van der Waals surface area contributed by atoms with Crippen molar-refractivity contribution in [2.45, 2.75) is 33.7 Å². The summed E-state index contributed by atoms with van der Waals surface area (Å²) in [5.74, 6) is -1.63. The average Bonchev–Trinajstić information content (AvgIpc) is 3.30. The van der Waals surface area contributed by atoms with Crippen LogP contribution in [0.1, 0.15) is 50.6 Å². The molecule has 32 heavy (non-hydrogen) atoms. The molecule has 3 heterocycles. The molecule has 0 aliphatic heterocycles. The van der Waals surface area contributed by atoms with Gasteiger partial charge in [0.15, 0.2) is 5.76 Å². The van der Waals surface area contributed by atoms with Crippen molar-refractivity contribution in [1.29, 1.82) is 0 Å². The Bertz CT molecular complexity index is 1390. The fourth-order valence-electron chi connectivity index (χ4n) is 3.87. The number of nitrogens with two attached hydrogens (primary N) is 2. The lowest BCUT2D eigenvalue weighted by atomic mass is 9.92. The Morgan fingerprint density at radius 3 is 2.50 bits per heavy atom. The molecule has 4 rings (SSSR count). The highest BCUT2D eigenvalue weighted by Gasteiger charge is 2.28. The predicted octanol–water partition coefficient (Wildman–Crippen LogP) is 2.65. The number of amides is 2. The van der Waals surface area contributed by atoms with Gasteiger partial charge in [-0.3, -0.25) is 14.3 Å². The topological polar surface area (TPSA) is 143 Å². The highest BCUT2D eigenvalue weighted by Crippen LogP contribution is 2.36. The smallest absolute Gasteiger partial charge is 0.267 e. The molecule has 9 nitrogen and oxygen atoms in total. The number of primary amides is 2. The first-order valence-electron chi connectivity index (χ1n) is 9.93. The molecule has 4 N–H and O–H groups in total. The van der Waals surface area contributed by atoms with Gasteiger partial charge in [-0.25, -0.2) is 9.37 Å². The van der Waals surface area contributed by atoms with E-state index in [9.17, 15) is 14.0 Å². The van der Waals surface area contributed by atoms with Gasteiger partial charge in [-0.15, -0.1) is 0 Å². The van der Waals surface area contributed by atoms with Crippen LogP contribution in [0.15, 0.2) is 28.8 Å². The van der Waals surface area contributed by atoms with Crippen molar-refractivity contribution < 1.29 is 18.5 Å². The molecule has 1 aromatic carbocycles. The van der Waals surface area contributed by atoms with Gasteiger partial charge in [-0.05, 0) is 32.4 Å². The molecule has 0 radical (unpaired) electrons. The summed E-state index contributed by atoms with van der Waals surface area (Å²) in [5.41, 5.74) is 13.9. The van der Waals surface area contributed by atoms with E-state index in [1.54, 1.807) is 18.5 Å². The zero-order valence-corrected chi connectivity index (χ0v) is 17.8. The maximum Gasteiger partial charge on any atom is 0.267 e. The van der Waals surface area contributed by atoms with Gasteiger partial charge in [-0.1, -0.05) is 12.1 Å². The quantitative estimate of drug-likeness (QED) is 0.476. The van der Waals surface area contributed by atoms with Crippen LogP contribution in [0.4, 0.5) is 4.39 Å². The van der Waals surface area contributed by atoms with E-state index >= 15 is 0 Å². The third-order valence-electron chi connectivity index (χ3n) is 5.34. The summed E-state index contributed by atoms with van der Waals surface area (Å²) in [5, 5.41) is 8.85. The average molecular weight is 436 g/mol. The Morgan fingerprint density at radius 1 is 1.12 bits per heavy atom. The van der Waals surface area contributed by atoms with Crippen LogP contribution >= 0.6 is 0 Å². The predicted molar refractivity (Wildman–Crippen MR) is 114 cm³/mol. The van der Waals surface area contributed by atoms with Crippen molar-refractivity contribution >= 4 is 22.7 Å². The first kappa shape index (κ1) is 21.2. The van der Waals surface area contributed by atoms with Gasteiger partial charge in [0.25, 0.3) is 5.91 Å². The van der Waals surface area contributed by atoms with Crippen LogP contribution in [0, 0.1) is 19.7 Å². The molecule has 2 amide bonds. The van der Waals surface area contributed by atoms with Gasteiger partial charge < -0.3 is 16.0 Å². The number of pyridine rings is 1. The lowest BCUT2D eigenvalue weighted by molar-refractivity contribution is 0.0996. The Kier molecular flexibility index (Phi) is 5.21. The van der Waals surface area contributed by atoms with Crippen LogP contribution in [0.25, 0.3) is 22.0 Å². The third-order valence-corrected chi connectivity index (χ3v) is 5.34. The van der Waals surface area contributed by atoms with E-state index in [2.05, 4.69) is 15.2 Å². The molecule has 0 fully saturated rings. The number of carbonyl (C=O) groups is 2. The number of benzene rings is 1. The Labute approximate surface area is 182 Å². The number of hydrogen-bond acceptors (Lipinski definition) is 6. The van der Waals surface area contributed by atoms with E-state index in [0.29, 0.717) is 34.6 Å². The monoisotopic (exact) mass is 436 g/mol. The molecular weight excluding hydrogens is 415 g/mol. The molecule has 3 aromatic heterocycles. The SMILES string of the molecule is CCc1cc(Cn2nc(C)c(-c3c(C(N)=O)nc4cc(F)ccc4c3C(N)=O)c2C)on1. The van der Waals surface area contributed by atoms with Crippen LogP contribution in [-0.4, -0.2) is 31.7 Å². The number of rotatable bonds is 6. The first-order valence-corrected chi connectivity index (χ1v) is 9.93. The molecule has 4 aromatic rings. The Morgan fingerprint density at radius 2 is 1.88 bits per heavy atom. The molecule has 164 valence electrons. The largest absolute Gasteiger partial charge is 0.366 e. The minimum absolute atomic E-state index is 0.0301. The van der Waals surface area contributed by atoms with E-state index < -0.39 is 17.6 Å². The lowest BCUT2D eigenvalue weighted by Crippen LogP contribution is -2.21. The van der Waals surface area contributed by atoms with Crippen LogP contribution in [0.2, 0.25) is 0 Å². The zero-order valence-electron chi connectivity index (χ0n) is 17.8. The Balaban J connectivity index is 1.98. The second-order valence-corrected chi connectivity index (χ2v) is 7.44. The van der Waals surface area contributed by atoms with E-state index in [-0.39, 0.29) is 22.3 Å². The minimum atomic E-state index is -0.872. The molecule has 0 aliphatic carbocycles. The molecule has 0 saturated carbocycles. The highest BCUT2D eigenvalue weighted by molar-refractivity contribution is 6.15. The maximum atomic E-state index is 13.8. The van der Waals surface area contributed by atoms with Gasteiger partial charge in [0, 0.05) is 34.3 Å². The van der Waals surface area contributed by atoms with E-state index in [4.69, 9.17) is 16.0 Å². The van der Waals surface area contributed by atoms with Crippen LogP contribution < -0.4 is 11.5 Å². The number of carbonyl (C=O) groups excluding carboxylic acids is 2. The van der Waals surface area contributed by atoms with Gasteiger partial charge in [0.1, 0.15) is 18.1 Å². The number of fused-ring (bicyclic) bond motifs is 1. The molecule has 0 unspecified atom stereocenters. The van der Waals surface area contributed by atoms with E-state index in [1.165, 1.54) is 12.1 Å². The standard InChI is InChI=1S/C22H21FN6O3/c1-4-13-8-14(32-28-13)9-29-11(3)17(10(2)27-29)19-18(21(24)30)15-6-5-12(23)7-16(15)26-20(19)22(25)31/h5-8H,4,9H2,1-3H3,(H2,24,30)(H2,25,31). The molecule has 0 spiro atoms. The van der Waals surface area contributed by atoms with Crippen LogP contribution in [-0.2, 0) is 13.0 Å². The van der Waals surface area contributed by atoms with Crippen LogP contribution in [0.3, 0.4) is 0 Å². The lowest BCUT2D eigenvalue weighted by Gasteiger charge is -2.14. The van der Waals surface area contributed by atoms with E-state index in [1.807, 2.05) is 13.0 Å². The summed E-state index contributed by atoms with van der Waals surface area (Å²) in [6.45, 7) is 5.79. The minimum Gasteiger partial charge on any atom is -0.366 e. The van der Waals surface area contributed by atoms with Crippen molar-refractivity contribution in [2.24, 2.45) is 11.5 Å². The summed E-state index contributed by atoms with van der Waals surface area (Å²) in [7, 11) is 0. The number of nitrogens with zero attached hydrogens (tertiary/aromatic N) is 4. The highest BCUT2D eigenvalue weighted by atomic mass is 19.1. The Hall–Kier alpha value is -4.08. The van der Waals surface area contributed by atoms with Gasteiger partial charge in [0.05, 0.1) is 22.5 Å². The second kappa shape index (κ2) is 7.88. The van der Waals surface area contributed by atoms with Gasteiger partial charge in [0.2, 0.25) is 5.91 Å². The summed E-state index contributed by atoms with van der Waals surface area (Å²) in [4.78, 5) is 29.1. The number of hydrogen-bond donors (Lipinski definition) is 2. The van der Waals surface area contributed by atoms with Crippen molar-refractivity contribution in [2.75, 3.05) is 0 Å². The molecular formula is C22H21FN6O3. The first-order chi connectivity index (χ1) is 15.2. The normalized spacial score (nSPS) is 11.2.